The van der Waals surface area contributed by atoms with Crippen LogP contribution in [0.4, 0.5) is 0 Å². The zero-order valence-corrected chi connectivity index (χ0v) is 15.4. The minimum atomic E-state index is -0.156. The van der Waals surface area contributed by atoms with Gasteiger partial charge < -0.3 is 19.7 Å². The standard InChI is InChI=1S/C20H30N2O4/c23-18-6-2-1-4-15(18)5-3-10-21-19(24)16-7-11-22(12-8-16)20(25)17-9-13-26-14-17/h9,13-16,18,23H,1-8,10-12H2,(H,21,24)/t15-,18-/m1/s1. The Bertz CT molecular complexity index is 579. The molecule has 6 nitrogen and oxygen atoms in total. The lowest BCUT2D eigenvalue weighted by Gasteiger charge is -2.31. The highest BCUT2D eigenvalue weighted by molar-refractivity contribution is 5.94. The van der Waals surface area contributed by atoms with Crippen LogP contribution in [-0.4, -0.2) is 47.6 Å². The fourth-order valence-corrected chi connectivity index (χ4v) is 4.16. The second kappa shape index (κ2) is 9.21. The highest BCUT2D eigenvalue weighted by Crippen LogP contribution is 2.27. The van der Waals surface area contributed by atoms with Gasteiger partial charge in [0.2, 0.25) is 5.91 Å². The van der Waals surface area contributed by atoms with Crippen LogP contribution in [0.25, 0.3) is 0 Å². The first kappa shape index (κ1) is 19.0. The van der Waals surface area contributed by atoms with Gasteiger partial charge in [-0.1, -0.05) is 12.8 Å². The second-order valence-electron chi connectivity index (χ2n) is 7.62. The molecule has 2 heterocycles. The fraction of sp³-hybridized carbons (Fsp3) is 0.700. The van der Waals surface area contributed by atoms with E-state index in [0.717, 1.165) is 32.1 Å². The number of carbonyl (C=O) groups excluding carboxylic acids is 2. The van der Waals surface area contributed by atoms with E-state index >= 15 is 0 Å². The zero-order chi connectivity index (χ0) is 18.4. The molecule has 1 aromatic rings. The average molecular weight is 362 g/mol. The number of furan rings is 1. The summed E-state index contributed by atoms with van der Waals surface area (Å²) in [6, 6.07) is 1.67. The van der Waals surface area contributed by atoms with Gasteiger partial charge in [-0.05, 0) is 50.5 Å². The Morgan fingerprint density at radius 3 is 2.65 bits per heavy atom. The van der Waals surface area contributed by atoms with Crippen LogP contribution >= 0.6 is 0 Å². The molecule has 144 valence electrons. The Labute approximate surface area is 154 Å². The molecule has 6 heteroatoms. The van der Waals surface area contributed by atoms with Crippen molar-refractivity contribution in [3.8, 4) is 0 Å². The molecule has 1 aromatic heterocycles. The van der Waals surface area contributed by atoms with E-state index in [-0.39, 0.29) is 23.8 Å². The molecule has 26 heavy (non-hydrogen) atoms. The summed E-state index contributed by atoms with van der Waals surface area (Å²) in [5, 5.41) is 13.0. The van der Waals surface area contributed by atoms with Gasteiger partial charge in [0.05, 0.1) is 17.9 Å². The van der Waals surface area contributed by atoms with Crippen molar-refractivity contribution in [2.45, 2.75) is 57.5 Å². The van der Waals surface area contributed by atoms with Crippen LogP contribution in [0.15, 0.2) is 23.0 Å². The molecule has 0 spiro atoms. The van der Waals surface area contributed by atoms with E-state index in [1.807, 2.05) is 0 Å². The molecule has 2 amide bonds. The second-order valence-corrected chi connectivity index (χ2v) is 7.62. The largest absolute Gasteiger partial charge is 0.472 e. The number of aliphatic hydroxyl groups excluding tert-OH is 1. The summed E-state index contributed by atoms with van der Waals surface area (Å²) in [5.74, 6) is 0.467. The van der Waals surface area contributed by atoms with Gasteiger partial charge in [0.15, 0.2) is 0 Å². The maximum absolute atomic E-state index is 12.3. The number of hydrogen-bond donors (Lipinski definition) is 2. The molecule has 0 unspecified atom stereocenters. The minimum absolute atomic E-state index is 0.0105. The van der Waals surface area contributed by atoms with Crippen molar-refractivity contribution in [2.24, 2.45) is 11.8 Å². The quantitative estimate of drug-likeness (QED) is 0.762. The number of rotatable bonds is 6. The van der Waals surface area contributed by atoms with Crippen LogP contribution in [0.3, 0.4) is 0 Å². The third-order valence-electron chi connectivity index (χ3n) is 5.84. The van der Waals surface area contributed by atoms with E-state index in [1.54, 1.807) is 11.0 Å². The number of hydrogen-bond acceptors (Lipinski definition) is 4. The lowest BCUT2D eigenvalue weighted by atomic mass is 9.83. The van der Waals surface area contributed by atoms with Crippen LogP contribution in [0.2, 0.25) is 0 Å². The molecular formula is C20H30N2O4. The highest BCUT2D eigenvalue weighted by Gasteiger charge is 2.28. The molecule has 2 N–H and O–H groups in total. The molecule has 2 aliphatic rings. The van der Waals surface area contributed by atoms with Crippen LogP contribution in [0.1, 0.15) is 61.7 Å². The molecular weight excluding hydrogens is 332 g/mol. The summed E-state index contributed by atoms with van der Waals surface area (Å²) in [6.45, 7) is 1.89. The Balaban J connectivity index is 1.33. The summed E-state index contributed by atoms with van der Waals surface area (Å²) >= 11 is 0. The molecule has 2 atom stereocenters. The van der Waals surface area contributed by atoms with Gasteiger partial charge in [-0.3, -0.25) is 9.59 Å². The first-order valence-electron chi connectivity index (χ1n) is 9.92. The van der Waals surface area contributed by atoms with Gasteiger partial charge in [0, 0.05) is 25.6 Å². The lowest BCUT2D eigenvalue weighted by Crippen LogP contribution is -2.43. The number of nitrogens with zero attached hydrogens (tertiary/aromatic N) is 1. The van der Waals surface area contributed by atoms with E-state index in [2.05, 4.69) is 5.32 Å². The Morgan fingerprint density at radius 2 is 1.96 bits per heavy atom. The highest BCUT2D eigenvalue weighted by atomic mass is 16.3. The summed E-state index contributed by atoms with van der Waals surface area (Å²) in [5.41, 5.74) is 0.567. The molecule has 0 aromatic carbocycles. The van der Waals surface area contributed by atoms with Crippen molar-refractivity contribution >= 4 is 11.8 Å². The monoisotopic (exact) mass is 362 g/mol. The number of piperidine rings is 1. The molecule has 1 saturated heterocycles. The van der Waals surface area contributed by atoms with Gasteiger partial charge in [-0.2, -0.15) is 0 Å². The summed E-state index contributed by atoms with van der Waals surface area (Å²) in [6.07, 6.45) is 10.5. The van der Waals surface area contributed by atoms with E-state index in [1.165, 1.54) is 18.9 Å². The van der Waals surface area contributed by atoms with Crippen molar-refractivity contribution in [1.82, 2.24) is 10.2 Å². The number of carbonyl (C=O) groups is 2. The molecule has 0 radical (unpaired) electrons. The van der Waals surface area contributed by atoms with Crippen LogP contribution < -0.4 is 5.32 Å². The van der Waals surface area contributed by atoms with Crippen LogP contribution in [-0.2, 0) is 4.79 Å². The van der Waals surface area contributed by atoms with E-state index in [9.17, 15) is 14.7 Å². The Morgan fingerprint density at radius 1 is 1.19 bits per heavy atom. The maximum atomic E-state index is 12.3. The first-order valence-corrected chi connectivity index (χ1v) is 9.92. The zero-order valence-electron chi connectivity index (χ0n) is 15.4. The van der Waals surface area contributed by atoms with Gasteiger partial charge in [0.25, 0.3) is 5.91 Å². The van der Waals surface area contributed by atoms with Gasteiger partial charge >= 0.3 is 0 Å². The minimum Gasteiger partial charge on any atom is -0.472 e. The third kappa shape index (κ3) is 4.87. The van der Waals surface area contributed by atoms with Crippen molar-refractivity contribution in [3.63, 3.8) is 0 Å². The number of likely N-dealkylation sites (tertiary alicyclic amines) is 1. The van der Waals surface area contributed by atoms with Crippen molar-refractivity contribution < 1.29 is 19.1 Å². The average Bonchev–Trinajstić information content (AvgIpc) is 3.20. The van der Waals surface area contributed by atoms with Gasteiger partial charge in [0.1, 0.15) is 6.26 Å². The third-order valence-corrected chi connectivity index (χ3v) is 5.84. The molecule has 0 bridgehead atoms. The topological polar surface area (TPSA) is 82.8 Å². The van der Waals surface area contributed by atoms with Crippen LogP contribution in [0.5, 0.6) is 0 Å². The van der Waals surface area contributed by atoms with E-state index in [4.69, 9.17) is 4.42 Å². The number of amides is 2. The van der Waals surface area contributed by atoms with Crippen LogP contribution in [0, 0.1) is 11.8 Å². The molecule has 1 saturated carbocycles. The molecule has 1 aliphatic heterocycles. The first-order chi connectivity index (χ1) is 12.6. The predicted octanol–water partition coefficient (Wildman–Crippen LogP) is 2.58. The smallest absolute Gasteiger partial charge is 0.257 e. The molecule has 1 aliphatic carbocycles. The summed E-state index contributed by atoms with van der Waals surface area (Å²) in [7, 11) is 0. The normalized spacial score (nSPS) is 24.4. The Hall–Kier alpha value is -1.82. The SMILES string of the molecule is O=C(NCCC[C@H]1CCCC[C@H]1O)C1CCN(C(=O)c2ccoc2)CC1. The predicted molar refractivity (Wildman–Crippen MR) is 97.5 cm³/mol. The van der Waals surface area contributed by atoms with Crippen molar-refractivity contribution in [1.29, 1.82) is 0 Å². The Kier molecular flexibility index (Phi) is 6.72. The van der Waals surface area contributed by atoms with Gasteiger partial charge in [-0.25, -0.2) is 0 Å². The lowest BCUT2D eigenvalue weighted by molar-refractivity contribution is -0.126. The molecule has 2 fully saturated rings. The summed E-state index contributed by atoms with van der Waals surface area (Å²) in [4.78, 5) is 26.4. The maximum Gasteiger partial charge on any atom is 0.257 e. The van der Waals surface area contributed by atoms with Crippen molar-refractivity contribution in [2.75, 3.05) is 19.6 Å². The van der Waals surface area contributed by atoms with Crippen molar-refractivity contribution in [3.05, 3.63) is 24.2 Å². The van der Waals surface area contributed by atoms with Gasteiger partial charge in [-0.15, -0.1) is 0 Å². The fourth-order valence-electron chi connectivity index (χ4n) is 4.16. The molecule has 3 rings (SSSR count). The number of nitrogens with one attached hydrogen (secondary N) is 1. The number of aliphatic hydroxyl groups is 1. The van der Waals surface area contributed by atoms with E-state index in [0.29, 0.717) is 44.0 Å². The van der Waals surface area contributed by atoms with E-state index < -0.39 is 0 Å². The summed E-state index contributed by atoms with van der Waals surface area (Å²) < 4.78 is 4.96.